The van der Waals surface area contributed by atoms with Crippen LogP contribution in [0.2, 0.25) is 0 Å². The molecule has 0 amide bonds. The van der Waals surface area contributed by atoms with Gasteiger partial charge in [0, 0.05) is 33.4 Å². The van der Waals surface area contributed by atoms with Crippen LogP contribution in [-0.4, -0.2) is 50.0 Å². The third-order valence-electron chi connectivity index (χ3n) is 2.22. The molecule has 1 unspecified atom stereocenters. The smallest absolute Gasteiger partial charge is 0.131 e. The van der Waals surface area contributed by atoms with Crippen molar-refractivity contribution in [1.29, 1.82) is 0 Å². The van der Waals surface area contributed by atoms with E-state index >= 15 is 0 Å². The summed E-state index contributed by atoms with van der Waals surface area (Å²) in [5, 5.41) is 6.31. The van der Waals surface area contributed by atoms with Gasteiger partial charge in [0.2, 0.25) is 0 Å². The Hall–Kier alpha value is -1.40. The molecule has 0 aliphatic heterocycles. The van der Waals surface area contributed by atoms with Crippen molar-refractivity contribution in [3.63, 3.8) is 0 Å². The van der Waals surface area contributed by atoms with Crippen molar-refractivity contribution in [2.45, 2.75) is 13.0 Å². The lowest BCUT2D eigenvalue weighted by molar-refractivity contribution is 0.0365. The molecule has 17 heavy (non-hydrogen) atoms. The zero-order valence-electron chi connectivity index (χ0n) is 10.6. The number of nitrogens with one attached hydrogen (secondary N) is 2. The second kappa shape index (κ2) is 7.81. The largest absolute Gasteiger partial charge is 0.382 e. The van der Waals surface area contributed by atoms with E-state index < -0.39 is 0 Å². The second-order valence-corrected chi connectivity index (χ2v) is 3.51. The number of hydrogen-bond donors (Lipinski definition) is 2. The molecule has 0 fully saturated rings. The van der Waals surface area contributed by atoms with Crippen LogP contribution in [0.15, 0.2) is 12.4 Å². The second-order valence-electron chi connectivity index (χ2n) is 3.51. The van der Waals surface area contributed by atoms with E-state index in [1.807, 2.05) is 13.0 Å². The minimum Gasteiger partial charge on any atom is -0.382 e. The van der Waals surface area contributed by atoms with Crippen LogP contribution in [-0.2, 0) is 9.47 Å². The summed E-state index contributed by atoms with van der Waals surface area (Å²) in [6, 6.07) is 1.86. The number of aromatic nitrogens is 2. The van der Waals surface area contributed by atoms with Gasteiger partial charge in [-0.2, -0.15) is 0 Å². The molecule has 0 saturated carbocycles. The van der Waals surface area contributed by atoms with E-state index in [0.29, 0.717) is 13.2 Å². The maximum Gasteiger partial charge on any atom is 0.131 e. The van der Waals surface area contributed by atoms with Gasteiger partial charge in [-0.15, -0.1) is 0 Å². The molecule has 1 rings (SSSR count). The molecule has 1 aromatic rings. The zero-order valence-corrected chi connectivity index (χ0v) is 10.6. The highest BCUT2D eigenvalue weighted by Crippen LogP contribution is 2.08. The van der Waals surface area contributed by atoms with Crippen molar-refractivity contribution in [3.8, 4) is 0 Å². The molecule has 1 heterocycles. The van der Waals surface area contributed by atoms with Gasteiger partial charge in [0.25, 0.3) is 0 Å². The molecule has 6 nitrogen and oxygen atoms in total. The molecular formula is C11H20N4O2. The first-order valence-electron chi connectivity index (χ1n) is 5.61. The Morgan fingerprint density at radius 3 is 2.53 bits per heavy atom. The van der Waals surface area contributed by atoms with E-state index in [2.05, 4.69) is 20.6 Å². The highest BCUT2D eigenvalue weighted by atomic mass is 16.5. The van der Waals surface area contributed by atoms with Crippen LogP contribution in [0.4, 0.5) is 11.6 Å². The van der Waals surface area contributed by atoms with Crippen LogP contribution in [0, 0.1) is 0 Å². The van der Waals surface area contributed by atoms with Gasteiger partial charge in [0.1, 0.15) is 18.0 Å². The van der Waals surface area contributed by atoms with Gasteiger partial charge in [-0.05, 0) is 6.92 Å². The number of nitrogens with zero attached hydrogens (tertiary/aromatic N) is 2. The lowest BCUT2D eigenvalue weighted by Gasteiger charge is -2.15. The minimum atomic E-state index is 0.0116. The summed E-state index contributed by atoms with van der Waals surface area (Å²) in [5.41, 5.74) is 0. The van der Waals surface area contributed by atoms with Crippen LogP contribution >= 0.6 is 0 Å². The summed E-state index contributed by atoms with van der Waals surface area (Å²) < 4.78 is 10.3. The lowest BCUT2D eigenvalue weighted by Crippen LogP contribution is -2.26. The van der Waals surface area contributed by atoms with Gasteiger partial charge in [0.15, 0.2) is 0 Å². The summed E-state index contributed by atoms with van der Waals surface area (Å²) in [4.78, 5) is 8.22. The van der Waals surface area contributed by atoms with E-state index in [1.54, 1.807) is 14.2 Å². The van der Waals surface area contributed by atoms with Gasteiger partial charge in [0.05, 0.1) is 12.7 Å². The van der Waals surface area contributed by atoms with E-state index in [0.717, 1.165) is 18.2 Å². The number of rotatable bonds is 8. The van der Waals surface area contributed by atoms with Crippen molar-refractivity contribution < 1.29 is 9.47 Å². The summed E-state index contributed by atoms with van der Waals surface area (Å²) >= 11 is 0. The Labute approximate surface area is 102 Å². The predicted molar refractivity (Wildman–Crippen MR) is 67.4 cm³/mol. The van der Waals surface area contributed by atoms with Gasteiger partial charge in [-0.1, -0.05) is 0 Å². The minimum absolute atomic E-state index is 0.0116. The molecule has 0 bridgehead atoms. The molecule has 0 saturated heterocycles. The van der Waals surface area contributed by atoms with Crippen molar-refractivity contribution >= 4 is 11.6 Å². The van der Waals surface area contributed by atoms with Crippen LogP contribution in [0.5, 0.6) is 0 Å². The Kier molecular flexibility index (Phi) is 6.27. The first kappa shape index (κ1) is 13.7. The first-order chi connectivity index (χ1) is 8.30. The van der Waals surface area contributed by atoms with E-state index in [9.17, 15) is 0 Å². The molecule has 2 N–H and O–H groups in total. The van der Waals surface area contributed by atoms with Gasteiger partial charge >= 0.3 is 0 Å². The standard InChI is InChI=1S/C11H20N4O2/c1-4-12-10-5-11(15-8-14-10)13-6-9(17-3)7-16-2/h5,8-9H,4,6-7H2,1-3H3,(H2,12,13,14,15). The molecule has 1 atom stereocenters. The Morgan fingerprint density at radius 2 is 1.94 bits per heavy atom. The van der Waals surface area contributed by atoms with Gasteiger partial charge in [-0.25, -0.2) is 9.97 Å². The summed E-state index contributed by atoms with van der Waals surface area (Å²) in [6.45, 7) is 4.05. The maximum atomic E-state index is 5.24. The highest BCUT2D eigenvalue weighted by molar-refractivity contribution is 5.46. The van der Waals surface area contributed by atoms with Crippen molar-refractivity contribution in [2.75, 3.05) is 44.5 Å². The van der Waals surface area contributed by atoms with Crippen molar-refractivity contribution in [3.05, 3.63) is 12.4 Å². The fourth-order valence-electron chi connectivity index (χ4n) is 1.35. The summed E-state index contributed by atoms with van der Waals surface area (Å²) in [5.74, 6) is 1.58. The molecule has 96 valence electrons. The van der Waals surface area contributed by atoms with Crippen molar-refractivity contribution in [1.82, 2.24) is 9.97 Å². The third kappa shape index (κ3) is 4.97. The highest BCUT2D eigenvalue weighted by Gasteiger charge is 2.06. The molecule has 1 aromatic heterocycles. The summed E-state index contributed by atoms with van der Waals surface area (Å²) in [7, 11) is 3.31. The number of anilines is 2. The average Bonchev–Trinajstić information content (AvgIpc) is 2.35. The van der Waals surface area contributed by atoms with Crippen LogP contribution in [0.3, 0.4) is 0 Å². The van der Waals surface area contributed by atoms with E-state index in [-0.39, 0.29) is 6.10 Å². The molecule has 0 radical (unpaired) electrons. The lowest BCUT2D eigenvalue weighted by atomic mass is 10.3. The van der Waals surface area contributed by atoms with E-state index in [1.165, 1.54) is 6.33 Å². The molecule has 0 aliphatic carbocycles. The molecule has 6 heteroatoms. The maximum absolute atomic E-state index is 5.24. The fourth-order valence-corrected chi connectivity index (χ4v) is 1.35. The normalized spacial score (nSPS) is 12.2. The van der Waals surface area contributed by atoms with Crippen LogP contribution in [0.1, 0.15) is 6.92 Å². The molecule has 0 spiro atoms. The predicted octanol–water partition coefficient (Wildman–Crippen LogP) is 0.982. The Balaban J connectivity index is 2.47. The first-order valence-corrected chi connectivity index (χ1v) is 5.61. The van der Waals surface area contributed by atoms with Gasteiger partial charge in [-0.3, -0.25) is 0 Å². The topological polar surface area (TPSA) is 68.3 Å². The zero-order chi connectivity index (χ0) is 12.5. The van der Waals surface area contributed by atoms with Crippen LogP contribution in [0.25, 0.3) is 0 Å². The number of methoxy groups -OCH3 is 2. The fraction of sp³-hybridized carbons (Fsp3) is 0.636. The van der Waals surface area contributed by atoms with Crippen molar-refractivity contribution in [2.24, 2.45) is 0 Å². The Bertz CT molecular complexity index is 322. The monoisotopic (exact) mass is 240 g/mol. The third-order valence-corrected chi connectivity index (χ3v) is 2.22. The average molecular weight is 240 g/mol. The van der Waals surface area contributed by atoms with Gasteiger partial charge < -0.3 is 20.1 Å². The SMILES string of the molecule is CCNc1cc(NCC(COC)OC)ncn1. The quantitative estimate of drug-likeness (QED) is 0.706. The molecule has 0 aliphatic rings. The number of ether oxygens (including phenoxy) is 2. The van der Waals surface area contributed by atoms with Crippen LogP contribution < -0.4 is 10.6 Å². The molecule has 0 aromatic carbocycles. The van der Waals surface area contributed by atoms with E-state index in [4.69, 9.17) is 9.47 Å². The molecular weight excluding hydrogens is 220 g/mol. The summed E-state index contributed by atoms with van der Waals surface area (Å²) in [6.07, 6.45) is 1.54. The number of hydrogen-bond acceptors (Lipinski definition) is 6. The Morgan fingerprint density at radius 1 is 1.24 bits per heavy atom.